The Morgan fingerprint density at radius 3 is 2.39 bits per heavy atom. The van der Waals surface area contributed by atoms with Crippen molar-refractivity contribution in [2.45, 2.75) is 54.3 Å². The second-order valence-corrected chi connectivity index (χ2v) is 11.9. The lowest BCUT2D eigenvalue weighted by molar-refractivity contribution is -0.258. The third kappa shape index (κ3) is 4.93. The van der Waals surface area contributed by atoms with Crippen LogP contribution in [0.2, 0.25) is 0 Å². The molecule has 2 atom stereocenters. The number of rotatable bonds is 7. The topological polar surface area (TPSA) is 72.9 Å². The van der Waals surface area contributed by atoms with Crippen molar-refractivity contribution < 1.29 is 26.7 Å². The van der Waals surface area contributed by atoms with Gasteiger partial charge in [-0.15, -0.1) is 11.3 Å². The lowest BCUT2D eigenvalue weighted by atomic mass is 9.93. The standard InChI is InChI=1S/C22H28F3N3O3S2/c1-21(29,22(23,24)25)16-7-9-18(10-8-16)28-12-11-27(33(30,31)20-6-3-13-32-20)15-19(28)14-26-17-4-2-5-17/h3,6-10,13,17,19,26,29H,2,4-5,11-12,14-15H2,1H3/t19-,21-/m0/s1. The monoisotopic (exact) mass is 503 g/mol. The smallest absolute Gasteiger partial charge is 0.376 e. The molecule has 1 saturated carbocycles. The fourth-order valence-corrected chi connectivity index (χ4v) is 6.77. The van der Waals surface area contributed by atoms with E-state index in [9.17, 15) is 26.7 Å². The largest absolute Gasteiger partial charge is 0.421 e. The average Bonchev–Trinajstić information content (AvgIpc) is 3.28. The van der Waals surface area contributed by atoms with Crippen molar-refractivity contribution in [3.8, 4) is 0 Å². The third-order valence-electron chi connectivity index (χ3n) is 6.60. The lowest BCUT2D eigenvalue weighted by Gasteiger charge is -2.43. The number of anilines is 1. The highest BCUT2D eigenvalue weighted by atomic mass is 32.2. The Balaban J connectivity index is 1.55. The van der Waals surface area contributed by atoms with Crippen LogP contribution in [0.5, 0.6) is 0 Å². The lowest BCUT2D eigenvalue weighted by Crippen LogP contribution is -2.59. The van der Waals surface area contributed by atoms with Crippen LogP contribution in [0, 0.1) is 0 Å². The Hall–Kier alpha value is -1.66. The zero-order chi connectivity index (χ0) is 23.9. The molecule has 1 aliphatic heterocycles. The van der Waals surface area contributed by atoms with Gasteiger partial charge in [0.2, 0.25) is 0 Å². The molecule has 0 amide bonds. The first kappa shape index (κ1) is 24.5. The molecule has 2 aromatic rings. The molecule has 1 aromatic heterocycles. The van der Waals surface area contributed by atoms with E-state index in [0.29, 0.717) is 29.0 Å². The van der Waals surface area contributed by atoms with Crippen molar-refractivity contribution in [2.24, 2.45) is 0 Å². The van der Waals surface area contributed by atoms with Crippen LogP contribution in [0.25, 0.3) is 0 Å². The zero-order valence-corrected chi connectivity index (χ0v) is 19.9. The molecule has 11 heteroatoms. The maximum absolute atomic E-state index is 13.2. The predicted molar refractivity (Wildman–Crippen MR) is 122 cm³/mol. The maximum atomic E-state index is 13.2. The highest BCUT2D eigenvalue weighted by molar-refractivity contribution is 7.91. The fourth-order valence-electron chi connectivity index (χ4n) is 4.15. The summed E-state index contributed by atoms with van der Waals surface area (Å²) in [5.41, 5.74) is -2.48. The Kier molecular flexibility index (Phi) is 6.81. The van der Waals surface area contributed by atoms with Crippen LogP contribution >= 0.6 is 11.3 Å². The minimum atomic E-state index is -4.79. The number of halogens is 3. The molecule has 2 fully saturated rings. The van der Waals surface area contributed by atoms with Gasteiger partial charge in [-0.05, 0) is 48.9 Å². The number of thiophene rings is 1. The van der Waals surface area contributed by atoms with Gasteiger partial charge in [0.15, 0.2) is 5.60 Å². The molecule has 2 N–H and O–H groups in total. The summed E-state index contributed by atoms with van der Waals surface area (Å²) >= 11 is 1.18. The van der Waals surface area contributed by atoms with Gasteiger partial charge >= 0.3 is 6.18 Å². The van der Waals surface area contributed by atoms with Crippen molar-refractivity contribution in [2.75, 3.05) is 31.1 Å². The Bertz CT molecular complexity index is 1040. The number of aliphatic hydroxyl groups is 1. The summed E-state index contributed by atoms with van der Waals surface area (Å²) in [5.74, 6) is 0. The number of nitrogens with one attached hydrogen (secondary N) is 1. The molecule has 2 aliphatic rings. The number of sulfonamides is 1. The van der Waals surface area contributed by atoms with Gasteiger partial charge in [0.1, 0.15) is 4.21 Å². The molecule has 1 aliphatic carbocycles. The predicted octanol–water partition coefficient (Wildman–Crippen LogP) is 3.54. The minimum Gasteiger partial charge on any atom is -0.376 e. The van der Waals surface area contributed by atoms with Crippen molar-refractivity contribution >= 4 is 27.0 Å². The Morgan fingerprint density at radius 2 is 1.85 bits per heavy atom. The summed E-state index contributed by atoms with van der Waals surface area (Å²) < 4.78 is 67.5. The first-order valence-electron chi connectivity index (χ1n) is 10.9. The molecule has 0 radical (unpaired) electrons. The quantitative estimate of drug-likeness (QED) is 0.605. The summed E-state index contributed by atoms with van der Waals surface area (Å²) in [6, 6.07) is 9.25. The van der Waals surface area contributed by atoms with E-state index in [1.807, 2.05) is 4.90 Å². The summed E-state index contributed by atoms with van der Waals surface area (Å²) in [4.78, 5) is 2.04. The van der Waals surface area contributed by atoms with E-state index in [1.54, 1.807) is 29.6 Å². The maximum Gasteiger partial charge on any atom is 0.421 e. The number of benzene rings is 1. The van der Waals surface area contributed by atoms with E-state index in [2.05, 4.69) is 5.32 Å². The number of nitrogens with zero attached hydrogens (tertiary/aromatic N) is 2. The molecule has 33 heavy (non-hydrogen) atoms. The zero-order valence-electron chi connectivity index (χ0n) is 18.3. The average molecular weight is 504 g/mol. The molecule has 6 nitrogen and oxygen atoms in total. The Morgan fingerprint density at radius 1 is 1.15 bits per heavy atom. The SMILES string of the molecule is C[C@](O)(c1ccc(N2CCN(S(=O)(=O)c3cccs3)C[C@@H]2CNC2CCC2)cc1)C(F)(F)F. The number of alkyl halides is 3. The first-order valence-corrected chi connectivity index (χ1v) is 13.3. The molecule has 1 aromatic carbocycles. The van der Waals surface area contributed by atoms with Gasteiger partial charge in [-0.25, -0.2) is 8.42 Å². The summed E-state index contributed by atoms with van der Waals surface area (Å²) in [6.07, 6.45) is -1.44. The van der Waals surface area contributed by atoms with Crippen molar-refractivity contribution in [3.05, 3.63) is 47.3 Å². The van der Waals surface area contributed by atoms with Crippen LogP contribution in [0.15, 0.2) is 46.0 Å². The second kappa shape index (κ2) is 9.18. The van der Waals surface area contributed by atoms with Gasteiger partial charge in [-0.3, -0.25) is 0 Å². The van der Waals surface area contributed by atoms with Gasteiger partial charge < -0.3 is 15.3 Å². The minimum absolute atomic E-state index is 0.178. The van der Waals surface area contributed by atoms with Gasteiger partial charge in [-0.1, -0.05) is 24.6 Å². The van der Waals surface area contributed by atoms with Crippen LogP contribution in [-0.2, 0) is 15.6 Å². The van der Waals surface area contributed by atoms with Crippen LogP contribution in [0.1, 0.15) is 31.7 Å². The first-order chi connectivity index (χ1) is 15.5. The van der Waals surface area contributed by atoms with Crippen LogP contribution in [0.3, 0.4) is 0 Å². The molecule has 0 bridgehead atoms. The van der Waals surface area contributed by atoms with E-state index < -0.39 is 21.8 Å². The van der Waals surface area contributed by atoms with Crippen LogP contribution in [0.4, 0.5) is 18.9 Å². The molecule has 0 unspecified atom stereocenters. The van der Waals surface area contributed by atoms with Crippen molar-refractivity contribution in [3.63, 3.8) is 0 Å². The van der Waals surface area contributed by atoms with Crippen LogP contribution in [-0.4, -0.2) is 62.3 Å². The number of piperazine rings is 1. The second-order valence-electron chi connectivity index (χ2n) is 8.80. The Labute approximate surface area is 196 Å². The van der Waals surface area contributed by atoms with Gasteiger partial charge in [-0.2, -0.15) is 17.5 Å². The molecular weight excluding hydrogens is 475 g/mol. The van der Waals surface area contributed by atoms with E-state index in [-0.39, 0.29) is 24.7 Å². The highest BCUT2D eigenvalue weighted by Gasteiger charge is 2.51. The molecule has 0 spiro atoms. The van der Waals surface area contributed by atoms with Crippen molar-refractivity contribution in [1.82, 2.24) is 9.62 Å². The van der Waals surface area contributed by atoms with E-state index >= 15 is 0 Å². The highest BCUT2D eigenvalue weighted by Crippen LogP contribution is 2.39. The van der Waals surface area contributed by atoms with E-state index in [4.69, 9.17) is 0 Å². The summed E-state index contributed by atoms with van der Waals surface area (Å²) in [7, 11) is -3.59. The normalized spacial score (nSPS) is 22.7. The van der Waals surface area contributed by atoms with Gasteiger partial charge in [0.25, 0.3) is 10.0 Å². The molecule has 1 saturated heterocycles. The van der Waals surface area contributed by atoms with E-state index in [0.717, 1.165) is 19.8 Å². The molecule has 2 heterocycles. The van der Waals surface area contributed by atoms with E-state index in [1.165, 1.54) is 34.2 Å². The third-order valence-corrected chi connectivity index (χ3v) is 9.83. The fraction of sp³-hybridized carbons (Fsp3) is 0.545. The number of hydrogen-bond donors (Lipinski definition) is 2. The summed E-state index contributed by atoms with van der Waals surface area (Å²) in [5, 5.41) is 15.2. The molecule has 4 rings (SSSR count). The van der Waals surface area contributed by atoms with Gasteiger partial charge in [0.05, 0.1) is 6.04 Å². The van der Waals surface area contributed by atoms with Crippen molar-refractivity contribution in [1.29, 1.82) is 0 Å². The number of hydrogen-bond acceptors (Lipinski definition) is 6. The van der Waals surface area contributed by atoms with Gasteiger partial charge in [0, 0.05) is 37.9 Å². The van der Waals surface area contributed by atoms with Crippen LogP contribution < -0.4 is 10.2 Å². The molecular formula is C22H28F3N3O3S2. The molecule has 182 valence electrons. The summed E-state index contributed by atoms with van der Waals surface area (Å²) in [6.45, 7) is 2.28.